The lowest BCUT2D eigenvalue weighted by Gasteiger charge is -2.29. The van der Waals surface area contributed by atoms with E-state index in [2.05, 4.69) is 16.4 Å². The highest BCUT2D eigenvalue weighted by Crippen LogP contribution is 2.37. The Kier molecular flexibility index (Phi) is 4.15. The molecular weight excluding hydrogens is 290 g/mol. The number of aliphatic imine (C=N–C) groups is 1. The molecule has 1 unspecified atom stereocenters. The highest BCUT2D eigenvalue weighted by Gasteiger charge is 2.29. The normalized spacial score (nSPS) is 19.3. The van der Waals surface area contributed by atoms with Crippen molar-refractivity contribution in [1.82, 2.24) is 0 Å². The average Bonchev–Trinajstić information content (AvgIpc) is 2.61. The monoisotopic (exact) mass is 307 g/mol. The number of anilines is 1. The molecule has 0 radical (unpaired) electrons. The molecule has 0 spiro atoms. The Morgan fingerprint density at radius 2 is 2.17 bits per heavy atom. The van der Waals surface area contributed by atoms with Gasteiger partial charge in [-0.2, -0.15) is 5.26 Å². The molecule has 1 aromatic rings. The van der Waals surface area contributed by atoms with Crippen LogP contribution >= 0.6 is 0 Å². The van der Waals surface area contributed by atoms with E-state index in [0.717, 1.165) is 22.8 Å². The fourth-order valence-corrected chi connectivity index (χ4v) is 2.74. The summed E-state index contributed by atoms with van der Waals surface area (Å²) in [5.41, 5.74) is 3.46. The molecule has 1 atom stereocenters. The van der Waals surface area contributed by atoms with E-state index in [1.807, 2.05) is 30.4 Å². The van der Waals surface area contributed by atoms with Crippen LogP contribution in [0.5, 0.6) is 0 Å². The number of methoxy groups -OCH3 is 2. The number of allylic oxidation sites excluding steroid dienone is 3. The van der Waals surface area contributed by atoms with Crippen molar-refractivity contribution in [3.63, 3.8) is 0 Å². The number of nitrogens with one attached hydrogen (secondary N) is 1. The minimum absolute atomic E-state index is 0.0830. The fourth-order valence-electron chi connectivity index (χ4n) is 2.74. The van der Waals surface area contributed by atoms with Crippen LogP contribution in [-0.2, 0) is 9.47 Å². The zero-order valence-corrected chi connectivity index (χ0v) is 13.0. The number of dihydropyridines is 1. The first-order chi connectivity index (χ1) is 11.2. The third-order valence-electron chi connectivity index (χ3n) is 3.90. The van der Waals surface area contributed by atoms with Crippen LogP contribution in [0, 0.1) is 17.2 Å². The first-order valence-corrected chi connectivity index (χ1v) is 7.29. The van der Waals surface area contributed by atoms with Crippen molar-refractivity contribution >= 4 is 11.9 Å². The van der Waals surface area contributed by atoms with Crippen molar-refractivity contribution in [3.05, 3.63) is 64.9 Å². The second-order valence-electron chi connectivity index (χ2n) is 5.24. The van der Waals surface area contributed by atoms with Crippen LogP contribution in [0.3, 0.4) is 0 Å². The van der Waals surface area contributed by atoms with E-state index in [-0.39, 0.29) is 5.92 Å². The number of ether oxygens (including phenoxy) is 2. The Balaban J connectivity index is 1.87. The molecule has 0 saturated carbocycles. The second kappa shape index (κ2) is 6.41. The molecule has 23 heavy (non-hydrogen) atoms. The van der Waals surface area contributed by atoms with Crippen LogP contribution in [0.4, 0.5) is 5.69 Å². The molecule has 1 heterocycles. The number of hydrogen-bond acceptors (Lipinski definition) is 5. The highest BCUT2D eigenvalue weighted by atomic mass is 16.5. The van der Waals surface area contributed by atoms with Gasteiger partial charge in [0, 0.05) is 36.0 Å². The molecule has 1 N–H and O–H groups in total. The summed E-state index contributed by atoms with van der Waals surface area (Å²) in [5, 5.41) is 12.4. The molecule has 5 nitrogen and oxygen atoms in total. The predicted molar refractivity (Wildman–Crippen MR) is 88.6 cm³/mol. The maximum absolute atomic E-state index is 9.02. The SMILES string of the molecule is COC1=C(OC)CC2C(=C1)N=CC=C2Nc1cccc(C#N)c1. The minimum atomic E-state index is 0.0830. The number of benzene rings is 1. The summed E-state index contributed by atoms with van der Waals surface area (Å²) < 4.78 is 10.8. The topological polar surface area (TPSA) is 66.6 Å². The average molecular weight is 307 g/mol. The summed E-state index contributed by atoms with van der Waals surface area (Å²) in [6.45, 7) is 0. The van der Waals surface area contributed by atoms with E-state index >= 15 is 0 Å². The number of fused-ring (bicyclic) bond motifs is 1. The summed E-state index contributed by atoms with van der Waals surface area (Å²) in [4.78, 5) is 4.44. The molecular formula is C18H17N3O2. The smallest absolute Gasteiger partial charge is 0.158 e. The summed E-state index contributed by atoms with van der Waals surface area (Å²) in [7, 11) is 3.27. The molecule has 0 saturated heterocycles. The third kappa shape index (κ3) is 2.97. The second-order valence-corrected chi connectivity index (χ2v) is 5.24. The maximum atomic E-state index is 9.02. The van der Waals surface area contributed by atoms with Crippen molar-refractivity contribution < 1.29 is 9.47 Å². The standard InChI is InChI=1S/C18H17N3O2/c1-22-17-9-14-15(6-7-20-16(14)10-18(17)23-2)21-13-5-3-4-12(8-13)11-19/h3-8,10,14,21H,9H2,1-2H3. The van der Waals surface area contributed by atoms with Gasteiger partial charge in [0.25, 0.3) is 0 Å². The van der Waals surface area contributed by atoms with Gasteiger partial charge in [0.2, 0.25) is 0 Å². The van der Waals surface area contributed by atoms with Crippen LogP contribution in [0.15, 0.2) is 64.3 Å². The molecule has 1 aromatic carbocycles. The maximum Gasteiger partial charge on any atom is 0.158 e. The van der Waals surface area contributed by atoms with Crippen LogP contribution in [0.2, 0.25) is 0 Å². The van der Waals surface area contributed by atoms with Crippen molar-refractivity contribution in [1.29, 1.82) is 5.26 Å². The van der Waals surface area contributed by atoms with Crippen LogP contribution in [0.1, 0.15) is 12.0 Å². The number of hydrogen-bond donors (Lipinski definition) is 1. The van der Waals surface area contributed by atoms with Gasteiger partial charge in [0.15, 0.2) is 5.76 Å². The quantitative estimate of drug-likeness (QED) is 0.926. The van der Waals surface area contributed by atoms with Gasteiger partial charge >= 0.3 is 0 Å². The molecule has 0 bridgehead atoms. The van der Waals surface area contributed by atoms with Gasteiger partial charge in [-0.25, -0.2) is 0 Å². The Morgan fingerprint density at radius 3 is 2.91 bits per heavy atom. The lowest BCUT2D eigenvalue weighted by Crippen LogP contribution is -2.21. The van der Waals surface area contributed by atoms with E-state index in [4.69, 9.17) is 14.7 Å². The molecule has 3 rings (SSSR count). The highest BCUT2D eigenvalue weighted by molar-refractivity contribution is 5.77. The van der Waals surface area contributed by atoms with Gasteiger partial charge < -0.3 is 14.8 Å². The van der Waals surface area contributed by atoms with Crippen LogP contribution in [0.25, 0.3) is 0 Å². The lowest BCUT2D eigenvalue weighted by molar-refractivity contribution is 0.211. The van der Waals surface area contributed by atoms with Gasteiger partial charge in [-0.3, -0.25) is 4.99 Å². The Hall–Kier alpha value is -3.00. The van der Waals surface area contributed by atoms with Crippen molar-refractivity contribution in [3.8, 4) is 6.07 Å². The van der Waals surface area contributed by atoms with Gasteiger partial charge in [-0.05, 0) is 24.3 Å². The molecule has 2 aliphatic rings. The number of rotatable bonds is 4. The minimum Gasteiger partial charge on any atom is -0.497 e. The van der Waals surface area contributed by atoms with E-state index < -0.39 is 0 Å². The molecule has 0 aromatic heterocycles. The first-order valence-electron chi connectivity index (χ1n) is 7.29. The number of nitrogens with zero attached hydrogens (tertiary/aromatic N) is 2. The Bertz CT molecular complexity index is 782. The summed E-state index contributed by atoms with van der Waals surface area (Å²) in [6.07, 6.45) is 6.31. The fraction of sp³-hybridized carbons (Fsp3) is 0.222. The zero-order chi connectivity index (χ0) is 16.2. The molecule has 5 heteroatoms. The third-order valence-corrected chi connectivity index (χ3v) is 3.90. The Labute approximate surface area is 135 Å². The predicted octanol–water partition coefficient (Wildman–Crippen LogP) is 3.35. The lowest BCUT2D eigenvalue weighted by atomic mass is 9.89. The molecule has 0 amide bonds. The van der Waals surface area contributed by atoms with Crippen molar-refractivity contribution in [2.75, 3.05) is 19.5 Å². The molecule has 1 aliphatic carbocycles. The number of nitriles is 1. The zero-order valence-electron chi connectivity index (χ0n) is 13.0. The van der Waals surface area contributed by atoms with Crippen LogP contribution in [-0.4, -0.2) is 20.4 Å². The van der Waals surface area contributed by atoms with Gasteiger partial charge in [0.1, 0.15) is 5.76 Å². The van der Waals surface area contributed by atoms with E-state index in [9.17, 15) is 0 Å². The summed E-state index contributed by atoms with van der Waals surface area (Å²) in [5.74, 6) is 1.60. The van der Waals surface area contributed by atoms with E-state index in [1.165, 1.54) is 0 Å². The first kappa shape index (κ1) is 14.9. The van der Waals surface area contributed by atoms with Gasteiger partial charge in [0.05, 0.1) is 31.5 Å². The van der Waals surface area contributed by atoms with Crippen molar-refractivity contribution in [2.24, 2.45) is 10.9 Å². The molecule has 116 valence electrons. The molecule has 0 fully saturated rings. The largest absolute Gasteiger partial charge is 0.497 e. The Morgan fingerprint density at radius 1 is 1.30 bits per heavy atom. The van der Waals surface area contributed by atoms with Gasteiger partial charge in [-0.1, -0.05) is 6.07 Å². The van der Waals surface area contributed by atoms with Crippen LogP contribution < -0.4 is 5.32 Å². The van der Waals surface area contributed by atoms with Gasteiger partial charge in [-0.15, -0.1) is 0 Å². The molecule has 1 aliphatic heterocycles. The summed E-state index contributed by atoms with van der Waals surface area (Å²) >= 11 is 0. The van der Waals surface area contributed by atoms with Crippen molar-refractivity contribution in [2.45, 2.75) is 6.42 Å². The van der Waals surface area contributed by atoms with E-state index in [0.29, 0.717) is 17.7 Å². The summed E-state index contributed by atoms with van der Waals surface area (Å²) in [6, 6.07) is 9.56. The van der Waals surface area contributed by atoms with E-state index in [1.54, 1.807) is 26.5 Å².